The predicted octanol–water partition coefficient (Wildman–Crippen LogP) is 3.70. The lowest BCUT2D eigenvalue weighted by Crippen LogP contribution is -2.24. The van der Waals surface area contributed by atoms with E-state index in [-0.39, 0.29) is 11.6 Å². The maximum absolute atomic E-state index is 13.4. The van der Waals surface area contributed by atoms with Gasteiger partial charge < -0.3 is 15.3 Å². The van der Waals surface area contributed by atoms with Gasteiger partial charge in [0.1, 0.15) is 18.0 Å². The molecule has 174 valence electrons. The lowest BCUT2D eigenvalue weighted by Gasteiger charge is -2.15. The van der Waals surface area contributed by atoms with Crippen LogP contribution in [-0.4, -0.2) is 39.7 Å². The smallest absolute Gasteiger partial charge is 0.252 e. The number of aromatic nitrogens is 8. The van der Waals surface area contributed by atoms with E-state index < -0.39 is 0 Å². The van der Waals surface area contributed by atoms with E-state index in [1.54, 1.807) is 35.0 Å². The fourth-order valence-corrected chi connectivity index (χ4v) is 4.91. The molecule has 0 unspecified atom stereocenters. The van der Waals surface area contributed by atoms with Crippen molar-refractivity contribution >= 4 is 29.0 Å². The molecule has 0 spiro atoms. The van der Waals surface area contributed by atoms with Crippen LogP contribution in [0.15, 0.2) is 59.8 Å². The number of aromatic amines is 1. The Labute approximate surface area is 208 Å². The van der Waals surface area contributed by atoms with Crippen LogP contribution in [0.2, 0.25) is 10.2 Å². The van der Waals surface area contributed by atoms with Crippen LogP contribution >= 0.6 is 23.2 Å². The zero-order chi connectivity index (χ0) is 24.1. The van der Waals surface area contributed by atoms with Crippen LogP contribution in [-0.2, 0) is 6.42 Å². The van der Waals surface area contributed by atoms with Crippen molar-refractivity contribution in [1.82, 2.24) is 39.7 Å². The highest BCUT2D eigenvalue weighted by Crippen LogP contribution is 2.35. The number of hydrogen-bond donors (Lipinski definition) is 2. The van der Waals surface area contributed by atoms with Gasteiger partial charge in [-0.3, -0.25) is 4.79 Å². The number of imidazole rings is 1. The standard InChI is InChI=1S/C23H17Cl2N9O/c24-14-2-4-17(33-11-28-31-32-33)16(9-14)13-7-15-3-5-18(34(15)20(35)8-13)23-29-21(22(25)30-23)12-1-6-19(26)27-10-12/h1-2,4,6-11,18H,3,5H2,(H2,26,27)(H,29,30)/t18-/m0/s1. The molecular weight excluding hydrogens is 489 g/mol. The molecular formula is C23H17Cl2N9O. The summed E-state index contributed by atoms with van der Waals surface area (Å²) in [4.78, 5) is 25.3. The van der Waals surface area contributed by atoms with Gasteiger partial charge in [-0.15, -0.1) is 5.10 Å². The normalized spacial score (nSPS) is 14.9. The molecule has 1 atom stereocenters. The first-order valence-corrected chi connectivity index (χ1v) is 11.5. The maximum Gasteiger partial charge on any atom is 0.252 e. The first-order chi connectivity index (χ1) is 17.0. The highest BCUT2D eigenvalue weighted by atomic mass is 35.5. The van der Waals surface area contributed by atoms with E-state index in [0.29, 0.717) is 40.4 Å². The van der Waals surface area contributed by atoms with Crippen molar-refractivity contribution in [1.29, 1.82) is 0 Å². The average molecular weight is 506 g/mol. The molecule has 6 rings (SSSR count). The summed E-state index contributed by atoms with van der Waals surface area (Å²) in [5.74, 6) is 1.03. The zero-order valence-corrected chi connectivity index (χ0v) is 19.6. The average Bonchev–Trinajstić information content (AvgIpc) is 3.59. The van der Waals surface area contributed by atoms with Gasteiger partial charge in [-0.1, -0.05) is 23.2 Å². The number of benzene rings is 1. The van der Waals surface area contributed by atoms with Gasteiger partial charge in [0.05, 0.1) is 17.4 Å². The summed E-state index contributed by atoms with van der Waals surface area (Å²) in [6.45, 7) is 0. The number of nitrogen functional groups attached to an aromatic ring is 1. The Morgan fingerprint density at radius 2 is 1.97 bits per heavy atom. The molecule has 0 fully saturated rings. The van der Waals surface area contributed by atoms with Crippen molar-refractivity contribution in [3.63, 3.8) is 0 Å². The largest absolute Gasteiger partial charge is 0.384 e. The van der Waals surface area contributed by atoms with E-state index >= 15 is 0 Å². The Hall–Kier alpha value is -4.02. The second-order valence-electron chi connectivity index (χ2n) is 8.17. The number of pyridine rings is 2. The Bertz CT molecular complexity index is 1610. The summed E-state index contributed by atoms with van der Waals surface area (Å²) in [7, 11) is 0. The van der Waals surface area contributed by atoms with E-state index in [1.807, 2.05) is 18.2 Å². The third-order valence-corrected chi connectivity index (χ3v) is 6.58. The summed E-state index contributed by atoms with van der Waals surface area (Å²) in [6.07, 6.45) is 4.54. The predicted molar refractivity (Wildman–Crippen MR) is 132 cm³/mol. The molecule has 0 bridgehead atoms. The van der Waals surface area contributed by atoms with Crippen LogP contribution in [0.1, 0.15) is 24.0 Å². The molecule has 4 aromatic heterocycles. The van der Waals surface area contributed by atoms with Gasteiger partial charge >= 0.3 is 0 Å². The number of nitrogens with one attached hydrogen (secondary N) is 1. The molecule has 1 aliphatic rings. The topological polar surface area (TPSA) is 133 Å². The van der Waals surface area contributed by atoms with Gasteiger partial charge in [-0.25, -0.2) is 9.97 Å². The third kappa shape index (κ3) is 3.76. The van der Waals surface area contributed by atoms with Crippen LogP contribution in [0.25, 0.3) is 28.1 Å². The molecule has 5 heterocycles. The number of aryl methyl sites for hydroxylation is 1. The number of H-pyrrole nitrogens is 1. The summed E-state index contributed by atoms with van der Waals surface area (Å²) < 4.78 is 3.29. The fourth-order valence-electron chi connectivity index (χ4n) is 4.49. The maximum atomic E-state index is 13.4. The van der Waals surface area contributed by atoms with E-state index in [1.165, 1.54) is 11.0 Å². The molecule has 1 aromatic carbocycles. The van der Waals surface area contributed by atoms with Crippen molar-refractivity contribution in [2.75, 3.05) is 5.73 Å². The molecule has 12 heteroatoms. The fraction of sp³-hybridized carbons (Fsp3) is 0.130. The van der Waals surface area contributed by atoms with Crippen molar-refractivity contribution in [2.24, 2.45) is 0 Å². The third-order valence-electron chi connectivity index (χ3n) is 6.07. The summed E-state index contributed by atoms with van der Waals surface area (Å²) in [6, 6.07) is 12.2. The Balaban J connectivity index is 1.41. The molecule has 35 heavy (non-hydrogen) atoms. The van der Waals surface area contributed by atoms with Crippen LogP contribution in [0.3, 0.4) is 0 Å². The van der Waals surface area contributed by atoms with E-state index in [2.05, 4.69) is 30.5 Å². The monoisotopic (exact) mass is 505 g/mol. The molecule has 0 radical (unpaired) electrons. The van der Waals surface area contributed by atoms with E-state index in [0.717, 1.165) is 28.1 Å². The summed E-state index contributed by atoms with van der Waals surface area (Å²) in [5, 5.41) is 12.3. The minimum Gasteiger partial charge on any atom is -0.384 e. The van der Waals surface area contributed by atoms with Gasteiger partial charge in [0, 0.05) is 34.1 Å². The quantitative estimate of drug-likeness (QED) is 0.380. The molecule has 0 saturated carbocycles. The molecule has 5 aromatic rings. The van der Waals surface area contributed by atoms with Crippen molar-refractivity contribution in [2.45, 2.75) is 18.9 Å². The second kappa shape index (κ2) is 8.33. The van der Waals surface area contributed by atoms with Crippen LogP contribution in [0, 0.1) is 0 Å². The van der Waals surface area contributed by atoms with Gasteiger partial charge in [0.25, 0.3) is 5.56 Å². The number of nitrogens with zero attached hydrogens (tertiary/aromatic N) is 7. The van der Waals surface area contributed by atoms with Gasteiger partial charge in [-0.2, -0.15) is 4.68 Å². The lowest BCUT2D eigenvalue weighted by molar-refractivity contribution is 0.572. The summed E-state index contributed by atoms with van der Waals surface area (Å²) >= 11 is 12.7. The number of tetrazole rings is 1. The first-order valence-electron chi connectivity index (χ1n) is 10.7. The number of rotatable bonds is 4. The lowest BCUT2D eigenvalue weighted by atomic mass is 10.0. The van der Waals surface area contributed by atoms with Crippen molar-refractivity contribution in [3.05, 3.63) is 87.0 Å². The second-order valence-corrected chi connectivity index (χ2v) is 8.97. The van der Waals surface area contributed by atoms with Crippen molar-refractivity contribution in [3.8, 4) is 28.1 Å². The number of hydrogen-bond acceptors (Lipinski definition) is 7. The molecule has 0 saturated heterocycles. The van der Waals surface area contributed by atoms with Crippen molar-refractivity contribution < 1.29 is 0 Å². The first kappa shape index (κ1) is 21.5. The SMILES string of the molecule is Nc1ccc(-c2[nH]c([C@@H]3CCc4cc(-c5cc(Cl)ccc5-n5cnnn5)cc(=O)n43)nc2Cl)cn1. The van der Waals surface area contributed by atoms with Crippen LogP contribution in [0.5, 0.6) is 0 Å². The molecule has 0 aliphatic carbocycles. The molecule has 10 nitrogen and oxygen atoms in total. The number of anilines is 1. The highest BCUT2D eigenvalue weighted by Gasteiger charge is 2.29. The molecule has 0 amide bonds. The van der Waals surface area contributed by atoms with E-state index in [4.69, 9.17) is 28.9 Å². The highest BCUT2D eigenvalue weighted by molar-refractivity contribution is 6.32. The molecule has 3 N–H and O–H groups in total. The minimum atomic E-state index is -0.266. The van der Waals surface area contributed by atoms with E-state index in [9.17, 15) is 4.79 Å². The summed E-state index contributed by atoms with van der Waals surface area (Å²) in [5.41, 5.74) is 10.0. The molecule has 1 aliphatic heterocycles. The number of halogens is 2. The Morgan fingerprint density at radius 3 is 2.74 bits per heavy atom. The van der Waals surface area contributed by atoms with Gasteiger partial charge in [0.15, 0.2) is 5.15 Å². The number of nitrogens with two attached hydrogens (primary N) is 1. The Kier molecular flexibility index (Phi) is 5.12. The Morgan fingerprint density at radius 1 is 1.09 bits per heavy atom. The zero-order valence-electron chi connectivity index (χ0n) is 18.1. The van der Waals surface area contributed by atoms with Gasteiger partial charge in [0.2, 0.25) is 0 Å². The van der Waals surface area contributed by atoms with Crippen LogP contribution < -0.4 is 11.3 Å². The minimum absolute atomic E-state index is 0.147. The number of fused-ring (bicyclic) bond motifs is 1. The van der Waals surface area contributed by atoms with Crippen LogP contribution in [0.4, 0.5) is 5.82 Å². The van der Waals surface area contributed by atoms with Gasteiger partial charge in [-0.05, 0) is 65.2 Å².